The maximum absolute atomic E-state index is 8.52. The largest absolute Gasteiger partial charge is 0.368 e. The Labute approximate surface area is 54.9 Å². The van der Waals surface area contributed by atoms with Gasteiger partial charge in [-0.05, 0) is 12.2 Å². The normalized spacial score (nSPS) is 14.6. The minimum absolute atomic E-state index is 0.0710. The highest BCUT2D eigenvalue weighted by Gasteiger charge is 2.10. The smallest absolute Gasteiger partial charge is 0.155 e. The van der Waals surface area contributed by atoms with E-state index in [1.165, 1.54) is 0 Å². The van der Waals surface area contributed by atoms with Crippen molar-refractivity contribution in [2.45, 2.75) is 19.6 Å². The third-order valence-corrected chi connectivity index (χ3v) is 1.65. The van der Waals surface area contributed by atoms with Crippen molar-refractivity contribution in [1.82, 2.24) is 0 Å². The molecule has 0 aromatic rings. The molecule has 0 spiro atoms. The lowest BCUT2D eigenvalue weighted by Gasteiger charge is -2.12. The van der Waals surface area contributed by atoms with E-state index in [4.69, 9.17) is 10.2 Å². The van der Waals surface area contributed by atoms with E-state index in [1.54, 1.807) is 0 Å². The molecule has 8 heavy (non-hydrogen) atoms. The van der Waals surface area contributed by atoms with Gasteiger partial charge in [-0.1, -0.05) is 6.92 Å². The van der Waals surface area contributed by atoms with E-state index in [0.29, 0.717) is 5.75 Å². The summed E-state index contributed by atoms with van der Waals surface area (Å²) in [5.74, 6) is 0.465. The van der Waals surface area contributed by atoms with Crippen LogP contribution in [0.1, 0.15) is 13.3 Å². The van der Waals surface area contributed by atoms with Gasteiger partial charge in [-0.2, -0.15) is 12.6 Å². The first-order valence-corrected chi connectivity index (χ1v) is 3.32. The predicted octanol–water partition coefficient (Wildman–Crippen LogP) is 0.253. The number of rotatable bonds is 3. The first-order valence-electron chi connectivity index (χ1n) is 2.69. The Bertz CT molecular complexity index is 52.4. The van der Waals surface area contributed by atoms with Gasteiger partial charge < -0.3 is 10.2 Å². The molecule has 1 atom stereocenters. The van der Waals surface area contributed by atoms with E-state index in [0.717, 1.165) is 6.42 Å². The Morgan fingerprint density at radius 3 is 2.00 bits per heavy atom. The fourth-order valence-corrected chi connectivity index (χ4v) is 0.881. The first-order chi connectivity index (χ1) is 3.72. The maximum Gasteiger partial charge on any atom is 0.155 e. The summed E-state index contributed by atoms with van der Waals surface area (Å²) in [6.07, 6.45) is -0.432. The Hall–Kier alpha value is 0.270. The van der Waals surface area contributed by atoms with E-state index >= 15 is 0 Å². The summed E-state index contributed by atoms with van der Waals surface area (Å²) < 4.78 is 0. The minimum atomic E-state index is -1.20. The van der Waals surface area contributed by atoms with Gasteiger partial charge in [-0.25, -0.2) is 0 Å². The Kier molecular flexibility index (Phi) is 4.32. The zero-order chi connectivity index (χ0) is 6.57. The molecule has 0 aromatic heterocycles. The van der Waals surface area contributed by atoms with Crippen LogP contribution in [0.4, 0.5) is 0 Å². The average molecular weight is 136 g/mol. The van der Waals surface area contributed by atoms with Crippen molar-refractivity contribution < 1.29 is 10.2 Å². The van der Waals surface area contributed by atoms with Crippen LogP contribution in [0.25, 0.3) is 0 Å². The van der Waals surface area contributed by atoms with Crippen LogP contribution < -0.4 is 0 Å². The zero-order valence-electron chi connectivity index (χ0n) is 4.91. The molecule has 0 radical (unpaired) electrons. The molecule has 1 unspecified atom stereocenters. The highest BCUT2D eigenvalue weighted by molar-refractivity contribution is 7.80. The maximum atomic E-state index is 8.52. The van der Waals surface area contributed by atoms with Crippen LogP contribution in [0.15, 0.2) is 0 Å². The molecule has 0 saturated carbocycles. The number of thiol groups is 1. The molecular weight excluding hydrogens is 124 g/mol. The molecular formula is C5H12O2S. The van der Waals surface area contributed by atoms with Gasteiger partial charge in [0.2, 0.25) is 0 Å². The van der Waals surface area contributed by atoms with Crippen molar-refractivity contribution in [3.63, 3.8) is 0 Å². The Morgan fingerprint density at radius 1 is 1.50 bits per heavy atom. The molecule has 0 heterocycles. The molecule has 0 saturated heterocycles. The summed E-state index contributed by atoms with van der Waals surface area (Å²) in [4.78, 5) is 0. The summed E-state index contributed by atoms with van der Waals surface area (Å²) in [5.41, 5.74) is 0. The third kappa shape index (κ3) is 2.55. The zero-order valence-corrected chi connectivity index (χ0v) is 5.80. The molecule has 50 valence electrons. The molecule has 2 N–H and O–H groups in total. The van der Waals surface area contributed by atoms with E-state index in [9.17, 15) is 0 Å². The topological polar surface area (TPSA) is 40.5 Å². The van der Waals surface area contributed by atoms with E-state index in [1.807, 2.05) is 6.92 Å². The monoisotopic (exact) mass is 136 g/mol. The van der Waals surface area contributed by atoms with Crippen molar-refractivity contribution in [1.29, 1.82) is 0 Å². The number of hydrogen-bond acceptors (Lipinski definition) is 3. The second kappa shape index (κ2) is 4.18. The molecule has 3 heteroatoms. The standard InChI is InChI=1S/C5H12O2S/c1-2-4(3-8)5(6)7/h4-8H,2-3H2,1H3. The highest BCUT2D eigenvalue weighted by Crippen LogP contribution is 2.07. The van der Waals surface area contributed by atoms with Gasteiger partial charge in [0.25, 0.3) is 0 Å². The summed E-state index contributed by atoms with van der Waals surface area (Å²) in [6.45, 7) is 1.90. The van der Waals surface area contributed by atoms with Gasteiger partial charge in [0.1, 0.15) is 0 Å². The lowest BCUT2D eigenvalue weighted by molar-refractivity contribution is -0.0775. The van der Waals surface area contributed by atoms with Gasteiger partial charge in [-0.15, -0.1) is 0 Å². The van der Waals surface area contributed by atoms with Crippen molar-refractivity contribution in [3.05, 3.63) is 0 Å². The van der Waals surface area contributed by atoms with Crippen LogP contribution in [-0.4, -0.2) is 22.3 Å². The van der Waals surface area contributed by atoms with E-state index in [-0.39, 0.29) is 5.92 Å². The Balaban J connectivity index is 3.35. The van der Waals surface area contributed by atoms with Crippen molar-refractivity contribution in [2.24, 2.45) is 5.92 Å². The predicted molar refractivity (Wildman–Crippen MR) is 35.9 cm³/mol. The fourth-order valence-electron chi connectivity index (χ4n) is 0.434. The molecule has 0 aliphatic rings. The average Bonchev–Trinajstić information content (AvgIpc) is 1.69. The number of hydrogen-bond donors (Lipinski definition) is 3. The molecule has 0 bridgehead atoms. The summed E-state index contributed by atoms with van der Waals surface area (Å²) in [6, 6.07) is 0. The van der Waals surface area contributed by atoms with Crippen LogP contribution in [0.5, 0.6) is 0 Å². The summed E-state index contributed by atoms with van der Waals surface area (Å²) in [5, 5.41) is 17.0. The summed E-state index contributed by atoms with van der Waals surface area (Å²) >= 11 is 3.92. The van der Waals surface area contributed by atoms with Gasteiger partial charge in [0.05, 0.1) is 0 Å². The second-order valence-corrected chi connectivity index (χ2v) is 2.13. The lowest BCUT2D eigenvalue weighted by atomic mass is 10.1. The van der Waals surface area contributed by atoms with Crippen molar-refractivity contribution in [2.75, 3.05) is 5.75 Å². The molecule has 0 rings (SSSR count). The molecule has 0 fully saturated rings. The van der Waals surface area contributed by atoms with Crippen molar-refractivity contribution >= 4 is 12.6 Å². The van der Waals surface area contributed by atoms with Crippen LogP contribution in [0.3, 0.4) is 0 Å². The van der Waals surface area contributed by atoms with Crippen molar-refractivity contribution in [3.8, 4) is 0 Å². The molecule has 0 aliphatic heterocycles. The van der Waals surface area contributed by atoms with Crippen LogP contribution in [0, 0.1) is 5.92 Å². The van der Waals surface area contributed by atoms with Gasteiger partial charge >= 0.3 is 0 Å². The van der Waals surface area contributed by atoms with Gasteiger partial charge in [-0.3, -0.25) is 0 Å². The SMILES string of the molecule is CCC(CS)C(O)O. The van der Waals surface area contributed by atoms with Crippen LogP contribution in [0.2, 0.25) is 0 Å². The summed E-state index contributed by atoms with van der Waals surface area (Å²) in [7, 11) is 0. The molecule has 0 aromatic carbocycles. The second-order valence-electron chi connectivity index (χ2n) is 1.76. The molecule has 0 aliphatic carbocycles. The van der Waals surface area contributed by atoms with Crippen LogP contribution in [-0.2, 0) is 0 Å². The van der Waals surface area contributed by atoms with E-state index < -0.39 is 6.29 Å². The fraction of sp³-hybridized carbons (Fsp3) is 1.00. The lowest BCUT2D eigenvalue weighted by Crippen LogP contribution is -2.19. The molecule has 2 nitrogen and oxygen atoms in total. The Morgan fingerprint density at radius 2 is 2.00 bits per heavy atom. The van der Waals surface area contributed by atoms with E-state index in [2.05, 4.69) is 12.6 Å². The quantitative estimate of drug-likeness (QED) is 0.384. The van der Waals surface area contributed by atoms with Gasteiger partial charge in [0, 0.05) is 5.92 Å². The highest BCUT2D eigenvalue weighted by atomic mass is 32.1. The molecule has 0 amide bonds. The first kappa shape index (κ1) is 8.27. The minimum Gasteiger partial charge on any atom is -0.368 e. The number of aliphatic hydroxyl groups is 2. The third-order valence-electron chi connectivity index (χ3n) is 1.18. The van der Waals surface area contributed by atoms with Crippen LogP contribution >= 0.6 is 12.6 Å². The van der Waals surface area contributed by atoms with Gasteiger partial charge in [0.15, 0.2) is 6.29 Å². The number of aliphatic hydroxyl groups excluding tert-OH is 1.